The van der Waals surface area contributed by atoms with Crippen molar-refractivity contribution in [2.24, 2.45) is 5.92 Å². The summed E-state index contributed by atoms with van der Waals surface area (Å²) in [6.07, 6.45) is 4.52. The molecule has 0 bridgehead atoms. The summed E-state index contributed by atoms with van der Waals surface area (Å²) in [6, 6.07) is 5.98. The normalized spacial score (nSPS) is 13.8. The first-order valence-electron chi connectivity index (χ1n) is 13.3. The maximum atomic E-state index is 10.3. The van der Waals surface area contributed by atoms with Crippen molar-refractivity contribution in [2.45, 2.75) is 46.0 Å². The topological polar surface area (TPSA) is 133 Å². The number of carbonyl (C=O) groups excluding carboxylic acids is 1. The van der Waals surface area contributed by atoms with Crippen LogP contribution in [-0.4, -0.2) is 65.6 Å². The number of aldehydes is 1. The van der Waals surface area contributed by atoms with E-state index in [1.165, 1.54) is 17.7 Å². The third kappa shape index (κ3) is 8.60. The van der Waals surface area contributed by atoms with E-state index in [9.17, 15) is 4.79 Å². The molecule has 1 aromatic carbocycles. The fourth-order valence-electron chi connectivity index (χ4n) is 4.08. The molecule has 40 heavy (non-hydrogen) atoms. The average Bonchev–Trinajstić information content (AvgIpc) is 3.43. The second kappa shape index (κ2) is 14.0. The minimum atomic E-state index is 0.0533. The van der Waals surface area contributed by atoms with E-state index in [1.807, 2.05) is 37.6 Å². The fraction of sp³-hybridized carbons (Fsp3) is 0.433. The summed E-state index contributed by atoms with van der Waals surface area (Å²) < 4.78 is 0. The molecule has 3 heterocycles. The van der Waals surface area contributed by atoms with E-state index >= 15 is 0 Å². The lowest BCUT2D eigenvalue weighted by atomic mass is 9.93. The Bertz CT molecular complexity index is 1370. The number of benzene rings is 1. The van der Waals surface area contributed by atoms with Crippen LogP contribution in [0.3, 0.4) is 0 Å². The summed E-state index contributed by atoms with van der Waals surface area (Å²) in [5.74, 6) is 7.46. The van der Waals surface area contributed by atoms with Crippen molar-refractivity contribution in [3.05, 3.63) is 57.3 Å². The molecule has 1 fully saturated rings. The van der Waals surface area contributed by atoms with Crippen LogP contribution in [0.5, 0.6) is 0 Å². The number of aryl methyl sites for hydroxylation is 1. The van der Waals surface area contributed by atoms with Gasteiger partial charge in [-0.05, 0) is 69.4 Å². The van der Waals surface area contributed by atoms with Crippen molar-refractivity contribution in [2.75, 3.05) is 50.1 Å². The Morgan fingerprint density at radius 1 is 1.27 bits per heavy atom. The van der Waals surface area contributed by atoms with Crippen molar-refractivity contribution in [1.82, 2.24) is 19.9 Å². The van der Waals surface area contributed by atoms with Gasteiger partial charge in [0.1, 0.15) is 23.7 Å². The number of thiazole rings is 1. The number of likely N-dealkylation sites (tertiary alicyclic amines) is 1. The van der Waals surface area contributed by atoms with Gasteiger partial charge in [0.15, 0.2) is 11.3 Å². The van der Waals surface area contributed by atoms with Crippen LogP contribution in [0.15, 0.2) is 29.9 Å². The lowest BCUT2D eigenvalue weighted by Gasteiger charge is -2.29. The van der Waals surface area contributed by atoms with Gasteiger partial charge in [-0.2, -0.15) is 0 Å². The zero-order valence-electron chi connectivity index (χ0n) is 24.3. The van der Waals surface area contributed by atoms with E-state index in [2.05, 4.69) is 70.1 Å². The van der Waals surface area contributed by atoms with Gasteiger partial charge in [0.05, 0.1) is 11.3 Å². The summed E-state index contributed by atoms with van der Waals surface area (Å²) in [4.78, 5) is 25.2. The van der Waals surface area contributed by atoms with Gasteiger partial charge in [-0.25, -0.2) is 15.0 Å². The maximum Gasteiger partial charge on any atom is 0.178 e. The molecule has 4 rings (SSSR count). The quantitative estimate of drug-likeness (QED) is 0.191. The highest BCUT2D eigenvalue weighted by molar-refractivity contribution is 7.11. The van der Waals surface area contributed by atoms with Crippen LogP contribution in [0.25, 0.3) is 0 Å². The highest BCUT2D eigenvalue weighted by Crippen LogP contribution is 2.23. The number of carbonyl (C=O) groups is 1. The number of nitrogen functional groups attached to an aromatic ring is 1. The molecule has 0 atom stereocenters. The maximum absolute atomic E-state index is 10.3. The third-order valence-electron chi connectivity index (χ3n) is 6.76. The van der Waals surface area contributed by atoms with Gasteiger partial charge < -0.3 is 21.3 Å². The fourth-order valence-corrected chi connectivity index (χ4v) is 4.92. The number of piperidine rings is 1. The molecular weight excluding hydrogens is 520 g/mol. The second-order valence-electron chi connectivity index (χ2n) is 11.0. The number of aromatic nitrogens is 3. The number of hydrogen-bond acceptors (Lipinski definition) is 10. The standard InChI is InChI=1S/C22H29N7.C8H11NOS/c1-15-4-6-18(25-2)12-17(15)5-7-19(23)20-21(24)27-14-28-22(20)26-13-16-8-10-29(3)11-9-16;1-8(2,3)6-5-11-7(4-10)9-6/h4,6,12,14,16,23,25H,8-11,13H2,1-3H3,(H3,24,26,27,28);4-5H,1-3H3. The molecule has 0 unspecified atom stereocenters. The predicted molar refractivity (Wildman–Crippen MR) is 166 cm³/mol. The number of rotatable bonds is 6. The van der Waals surface area contributed by atoms with E-state index in [-0.39, 0.29) is 16.9 Å². The van der Waals surface area contributed by atoms with Crippen LogP contribution in [0, 0.1) is 30.1 Å². The molecule has 0 spiro atoms. The number of nitrogens with zero attached hydrogens (tertiary/aromatic N) is 4. The van der Waals surface area contributed by atoms with Gasteiger partial charge in [0.2, 0.25) is 0 Å². The molecule has 9 nitrogen and oxygen atoms in total. The number of anilines is 3. The minimum Gasteiger partial charge on any atom is -0.388 e. The Hall–Kier alpha value is -3.81. The van der Waals surface area contributed by atoms with Crippen LogP contribution in [-0.2, 0) is 5.41 Å². The smallest absolute Gasteiger partial charge is 0.178 e. The van der Waals surface area contributed by atoms with Crippen molar-refractivity contribution >= 4 is 40.7 Å². The summed E-state index contributed by atoms with van der Waals surface area (Å²) in [7, 11) is 4.02. The first-order chi connectivity index (χ1) is 19.0. The molecule has 1 saturated heterocycles. The Morgan fingerprint density at radius 2 is 2.00 bits per heavy atom. The van der Waals surface area contributed by atoms with Crippen LogP contribution in [0.4, 0.5) is 17.3 Å². The molecule has 0 saturated carbocycles. The number of nitrogens with two attached hydrogens (primary N) is 1. The Kier molecular flexibility index (Phi) is 10.8. The Morgan fingerprint density at radius 3 is 2.60 bits per heavy atom. The lowest BCUT2D eigenvalue weighted by Crippen LogP contribution is -2.33. The third-order valence-corrected chi connectivity index (χ3v) is 7.53. The van der Waals surface area contributed by atoms with Gasteiger partial charge >= 0.3 is 0 Å². The van der Waals surface area contributed by atoms with Crippen molar-refractivity contribution < 1.29 is 4.79 Å². The SMILES string of the molecule is CC(C)(C)c1csc(C=O)n1.CNc1ccc(C)c(C#CC(=N)c2c(N)ncnc2NCC2CCN(C)CC2)c1. The van der Waals surface area contributed by atoms with Gasteiger partial charge in [0, 0.05) is 35.6 Å². The van der Waals surface area contributed by atoms with Crippen molar-refractivity contribution in [1.29, 1.82) is 5.41 Å². The van der Waals surface area contributed by atoms with Crippen LogP contribution in [0.2, 0.25) is 0 Å². The average molecular weight is 561 g/mol. The summed E-state index contributed by atoms with van der Waals surface area (Å²) >= 11 is 1.40. The van der Waals surface area contributed by atoms with Gasteiger partial charge in [-0.3, -0.25) is 10.2 Å². The highest BCUT2D eigenvalue weighted by Gasteiger charge is 2.19. The molecule has 0 radical (unpaired) electrons. The predicted octanol–water partition coefficient (Wildman–Crippen LogP) is 4.84. The molecule has 0 amide bonds. The summed E-state index contributed by atoms with van der Waals surface area (Å²) in [5, 5.41) is 17.5. The largest absolute Gasteiger partial charge is 0.388 e. The Balaban J connectivity index is 0.000000336. The summed E-state index contributed by atoms with van der Waals surface area (Å²) in [5.41, 5.74) is 10.6. The number of hydrogen-bond donors (Lipinski definition) is 4. The van der Waals surface area contributed by atoms with Gasteiger partial charge in [-0.1, -0.05) is 32.8 Å². The molecule has 5 N–H and O–H groups in total. The minimum absolute atomic E-state index is 0.0533. The van der Waals surface area contributed by atoms with E-state index < -0.39 is 0 Å². The van der Waals surface area contributed by atoms with Crippen molar-refractivity contribution in [3.8, 4) is 11.8 Å². The van der Waals surface area contributed by atoms with E-state index in [4.69, 9.17) is 11.1 Å². The summed E-state index contributed by atoms with van der Waals surface area (Å²) in [6.45, 7) is 11.3. The molecular formula is C30H40N8OS. The lowest BCUT2D eigenvalue weighted by molar-refractivity contribution is 0.112. The second-order valence-corrected chi connectivity index (χ2v) is 11.8. The number of nitrogens with one attached hydrogen (secondary N) is 3. The molecule has 0 aliphatic carbocycles. The van der Waals surface area contributed by atoms with Crippen LogP contribution in [0.1, 0.15) is 65.8 Å². The van der Waals surface area contributed by atoms with E-state index in [1.54, 1.807) is 0 Å². The molecule has 2 aromatic heterocycles. The van der Waals surface area contributed by atoms with Crippen molar-refractivity contribution in [3.63, 3.8) is 0 Å². The van der Waals surface area contributed by atoms with E-state index in [0.29, 0.717) is 22.3 Å². The van der Waals surface area contributed by atoms with Gasteiger partial charge in [-0.15, -0.1) is 11.3 Å². The molecule has 1 aliphatic heterocycles. The zero-order valence-corrected chi connectivity index (χ0v) is 25.1. The molecule has 3 aromatic rings. The Labute approximate surface area is 241 Å². The van der Waals surface area contributed by atoms with Crippen LogP contribution < -0.4 is 16.4 Å². The first-order valence-corrected chi connectivity index (χ1v) is 14.2. The zero-order chi connectivity index (χ0) is 29.3. The van der Waals surface area contributed by atoms with Gasteiger partial charge in [0.25, 0.3) is 0 Å². The monoisotopic (exact) mass is 560 g/mol. The van der Waals surface area contributed by atoms with Crippen LogP contribution >= 0.6 is 11.3 Å². The van der Waals surface area contributed by atoms with E-state index in [0.717, 1.165) is 61.3 Å². The molecule has 10 heteroatoms. The first kappa shape index (κ1) is 30.7. The highest BCUT2D eigenvalue weighted by atomic mass is 32.1. The molecule has 1 aliphatic rings. The molecule has 212 valence electrons.